The number of carbonyl (C=O) groups is 1. The number of rotatable bonds is 6. The van der Waals surface area contributed by atoms with Crippen molar-refractivity contribution >= 4 is 34.6 Å². The summed E-state index contributed by atoms with van der Waals surface area (Å²) in [5.41, 5.74) is 1.66. The topological polar surface area (TPSA) is 51.1 Å². The summed E-state index contributed by atoms with van der Waals surface area (Å²) in [5.74, 6) is 1.15. The average molecular weight is 380 g/mol. The predicted octanol–water partition coefficient (Wildman–Crippen LogP) is 4.49. The van der Waals surface area contributed by atoms with Crippen LogP contribution in [0.1, 0.15) is 5.56 Å². The molecule has 3 rings (SSSR count). The molecule has 1 aliphatic heterocycles. The zero-order chi connectivity index (χ0) is 19.2. The number of hydrogen-bond acceptors (Lipinski definition) is 5. The van der Waals surface area contributed by atoms with Gasteiger partial charge in [-0.3, -0.25) is 9.69 Å². The second kappa shape index (κ2) is 8.60. The van der Waals surface area contributed by atoms with Crippen molar-refractivity contribution < 1.29 is 14.3 Å². The molecule has 0 unspecified atom stereocenters. The molecule has 0 aromatic heterocycles. The van der Waals surface area contributed by atoms with Gasteiger partial charge in [0.25, 0.3) is 5.91 Å². The van der Waals surface area contributed by atoms with E-state index in [2.05, 4.69) is 11.6 Å². The number of methoxy groups -OCH3 is 1. The van der Waals surface area contributed by atoms with Gasteiger partial charge in [0.15, 0.2) is 16.7 Å². The normalized spacial score (nSPS) is 16.8. The molecule has 0 spiro atoms. The monoisotopic (exact) mass is 380 g/mol. The van der Waals surface area contributed by atoms with Crippen molar-refractivity contribution in [3.63, 3.8) is 0 Å². The number of thioether (sulfide) groups is 1. The Morgan fingerprint density at radius 2 is 1.96 bits per heavy atom. The average Bonchev–Trinajstić information content (AvgIpc) is 2.95. The van der Waals surface area contributed by atoms with E-state index < -0.39 is 0 Å². The molecule has 0 N–H and O–H groups in total. The lowest BCUT2D eigenvalue weighted by Crippen LogP contribution is -2.23. The molecule has 1 fully saturated rings. The van der Waals surface area contributed by atoms with Gasteiger partial charge in [-0.15, -0.1) is 0 Å². The van der Waals surface area contributed by atoms with Crippen LogP contribution in [0, 0.1) is 0 Å². The minimum Gasteiger partial charge on any atom is -0.493 e. The van der Waals surface area contributed by atoms with Crippen molar-refractivity contribution in [3.05, 3.63) is 71.7 Å². The fourth-order valence-electron chi connectivity index (χ4n) is 2.46. The van der Waals surface area contributed by atoms with Crippen molar-refractivity contribution in [1.29, 1.82) is 0 Å². The number of amidine groups is 1. The fraction of sp³-hybridized carbons (Fsp3) is 0.143. The Hall–Kier alpha value is -2.99. The molecule has 0 saturated carbocycles. The molecule has 1 aliphatic rings. The highest BCUT2D eigenvalue weighted by atomic mass is 32.2. The second-order valence-corrected chi connectivity index (χ2v) is 6.72. The van der Waals surface area contributed by atoms with Gasteiger partial charge in [0.05, 0.1) is 17.7 Å². The van der Waals surface area contributed by atoms with Gasteiger partial charge in [-0.05, 0) is 47.7 Å². The van der Waals surface area contributed by atoms with Crippen LogP contribution in [0.4, 0.5) is 5.69 Å². The second-order valence-electron chi connectivity index (χ2n) is 5.71. The van der Waals surface area contributed by atoms with Crippen LogP contribution < -0.4 is 9.47 Å². The molecule has 138 valence electrons. The highest BCUT2D eigenvalue weighted by molar-refractivity contribution is 8.18. The maximum Gasteiger partial charge on any atom is 0.266 e. The minimum absolute atomic E-state index is 0.0827. The molecular weight excluding hydrogens is 360 g/mol. The first-order valence-electron chi connectivity index (χ1n) is 8.35. The quantitative estimate of drug-likeness (QED) is 0.547. The Morgan fingerprint density at radius 3 is 2.67 bits per heavy atom. The summed E-state index contributed by atoms with van der Waals surface area (Å²) in [6.07, 6.45) is 3.50. The minimum atomic E-state index is -0.0827. The Kier molecular flexibility index (Phi) is 5.98. The smallest absolute Gasteiger partial charge is 0.266 e. The van der Waals surface area contributed by atoms with Crippen LogP contribution >= 0.6 is 11.8 Å². The number of carbonyl (C=O) groups excluding carboxylic acids is 1. The van der Waals surface area contributed by atoms with Crippen LogP contribution in [0.5, 0.6) is 11.5 Å². The molecule has 2 aromatic carbocycles. The zero-order valence-electron chi connectivity index (χ0n) is 15.2. The van der Waals surface area contributed by atoms with Crippen LogP contribution in [-0.4, -0.2) is 36.7 Å². The van der Waals surface area contributed by atoms with E-state index in [9.17, 15) is 4.79 Å². The lowest BCUT2D eigenvalue weighted by Gasteiger charge is -2.10. The molecule has 2 aromatic rings. The number of aliphatic imine (C=N–C) groups is 1. The largest absolute Gasteiger partial charge is 0.493 e. The zero-order valence-corrected chi connectivity index (χ0v) is 16.0. The standard InChI is InChI=1S/C21H20N2O3S/c1-4-12-26-17-11-10-15(13-18(17)25-3)14-19-20(24)23(2)21(27-19)22-16-8-6-5-7-9-16/h4-11,13-14H,1,12H2,2-3H3/b19-14+,22-21?. The maximum atomic E-state index is 12.6. The van der Waals surface area contributed by atoms with Crippen LogP contribution in [0.2, 0.25) is 0 Å². The van der Waals surface area contributed by atoms with E-state index in [0.717, 1.165) is 11.3 Å². The summed E-state index contributed by atoms with van der Waals surface area (Å²) in [6, 6.07) is 15.1. The maximum absolute atomic E-state index is 12.6. The van der Waals surface area contributed by atoms with Crippen LogP contribution in [-0.2, 0) is 4.79 Å². The van der Waals surface area contributed by atoms with E-state index in [1.807, 2.05) is 54.6 Å². The molecule has 0 aliphatic carbocycles. The first-order valence-corrected chi connectivity index (χ1v) is 9.17. The molecule has 0 atom stereocenters. The number of benzene rings is 2. The number of para-hydroxylation sites is 1. The van der Waals surface area contributed by atoms with Crippen LogP contribution in [0.25, 0.3) is 6.08 Å². The molecule has 1 amide bonds. The molecule has 0 radical (unpaired) electrons. The van der Waals surface area contributed by atoms with Gasteiger partial charge >= 0.3 is 0 Å². The summed E-state index contributed by atoms with van der Waals surface area (Å²) < 4.78 is 10.9. The SMILES string of the molecule is C=CCOc1ccc(/C=C2/SC(=Nc3ccccc3)N(C)C2=O)cc1OC. The molecule has 1 heterocycles. The van der Waals surface area contributed by atoms with Gasteiger partial charge in [0, 0.05) is 7.05 Å². The lowest BCUT2D eigenvalue weighted by atomic mass is 10.2. The lowest BCUT2D eigenvalue weighted by molar-refractivity contribution is -0.121. The summed E-state index contributed by atoms with van der Waals surface area (Å²) in [7, 11) is 3.31. The molecule has 0 bridgehead atoms. The van der Waals surface area contributed by atoms with E-state index in [-0.39, 0.29) is 5.91 Å². The molecule has 5 nitrogen and oxygen atoms in total. The Labute approximate surface area is 163 Å². The van der Waals surface area contributed by atoms with Gasteiger partial charge in [0.2, 0.25) is 0 Å². The van der Waals surface area contributed by atoms with Crippen molar-refractivity contribution in [2.45, 2.75) is 0 Å². The van der Waals surface area contributed by atoms with Crippen molar-refractivity contribution in [2.24, 2.45) is 4.99 Å². The fourth-order valence-corrected chi connectivity index (χ4v) is 3.44. The van der Waals surface area contributed by atoms with Gasteiger partial charge < -0.3 is 9.47 Å². The van der Waals surface area contributed by atoms with Gasteiger partial charge in [-0.25, -0.2) is 4.99 Å². The van der Waals surface area contributed by atoms with Gasteiger partial charge in [0.1, 0.15) is 6.61 Å². The number of hydrogen-bond donors (Lipinski definition) is 0. The first kappa shape index (κ1) is 18.8. The Bertz CT molecular complexity index is 907. The number of nitrogens with zero attached hydrogens (tertiary/aromatic N) is 2. The third-order valence-corrected chi connectivity index (χ3v) is 4.89. The van der Waals surface area contributed by atoms with E-state index in [0.29, 0.717) is 28.2 Å². The third kappa shape index (κ3) is 4.41. The highest BCUT2D eigenvalue weighted by Crippen LogP contribution is 2.35. The summed E-state index contributed by atoms with van der Waals surface area (Å²) in [4.78, 5) is 19.3. The van der Waals surface area contributed by atoms with Crippen LogP contribution in [0.3, 0.4) is 0 Å². The predicted molar refractivity (Wildman–Crippen MR) is 111 cm³/mol. The van der Waals surface area contributed by atoms with E-state index in [1.54, 1.807) is 25.1 Å². The highest BCUT2D eigenvalue weighted by Gasteiger charge is 2.30. The van der Waals surface area contributed by atoms with Crippen molar-refractivity contribution in [1.82, 2.24) is 4.90 Å². The number of likely N-dealkylation sites (N-methyl/N-ethyl adjacent to an activating group) is 1. The summed E-state index contributed by atoms with van der Waals surface area (Å²) in [5, 5.41) is 0.648. The Balaban J connectivity index is 1.85. The molecule has 27 heavy (non-hydrogen) atoms. The van der Waals surface area contributed by atoms with E-state index >= 15 is 0 Å². The van der Waals surface area contributed by atoms with E-state index in [4.69, 9.17) is 9.47 Å². The van der Waals surface area contributed by atoms with Crippen LogP contribution in [0.15, 0.2) is 71.1 Å². The molecular formula is C21H20N2O3S. The van der Waals surface area contributed by atoms with Crippen molar-refractivity contribution in [3.8, 4) is 11.5 Å². The first-order chi connectivity index (χ1) is 13.1. The number of amides is 1. The summed E-state index contributed by atoms with van der Waals surface area (Å²) in [6.45, 7) is 4.04. The third-order valence-electron chi connectivity index (χ3n) is 3.83. The van der Waals surface area contributed by atoms with Gasteiger partial charge in [-0.2, -0.15) is 0 Å². The van der Waals surface area contributed by atoms with Gasteiger partial charge in [-0.1, -0.05) is 36.9 Å². The Morgan fingerprint density at radius 1 is 1.19 bits per heavy atom. The molecule has 6 heteroatoms. The summed E-state index contributed by atoms with van der Waals surface area (Å²) >= 11 is 1.35. The molecule has 1 saturated heterocycles. The van der Waals surface area contributed by atoms with E-state index in [1.165, 1.54) is 11.8 Å². The number of ether oxygens (including phenoxy) is 2. The van der Waals surface area contributed by atoms with Crippen molar-refractivity contribution in [2.75, 3.05) is 20.8 Å².